The summed E-state index contributed by atoms with van der Waals surface area (Å²) in [6.45, 7) is 1.83. The molecule has 0 aliphatic heterocycles. The summed E-state index contributed by atoms with van der Waals surface area (Å²) in [4.78, 5) is 15.7. The predicted molar refractivity (Wildman–Crippen MR) is 96.6 cm³/mol. The van der Waals surface area contributed by atoms with E-state index in [2.05, 4.69) is 26.0 Å². The van der Waals surface area contributed by atoms with Crippen molar-refractivity contribution in [2.24, 2.45) is 0 Å². The summed E-state index contributed by atoms with van der Waals surface area (Å²) in [5.74, 6) is 0.373. The van der Waals surface area contributed by atoms with Gasteiger partial charge in [0.25, 0.3) is 0 Å². The number of phenols is 1. The number of thiophene rings is 1. The zero-order chi connectivity index (χ0) is 16.6. The van der Waals surface area contributed by atoms with Crippen LogP contribution in [-0.4, -0.2) is 19.9 Å². The standard InChI is InChI=1S/C15H11BrClN3O2S/c1-2-3-8-6-9(17)7-10(13(8)21)20-15(22)18-14(19-20)11-4-5-12(16)23-11/h2-7,21H,1H3,(H,18,19,22)/b3-2-. The summed E-state index contributed by atoms with van der Waals surface area (Å²) in [5, 5.41) is 15.0. The number of hydrogen-bond donors (Lipinski definition) is 2. The minimum atomic E-state index is -0.450. The molecule has 3 aromatic rings. The molecule has 0 radical (unpaired) electrons. The molecule has 0 saturated carbocycles. The van der Waals surface area contributed by atoms with Crippen LogP contribution in [0.25, 0.3) is 22.5 Å². The molecule has 0 spiro atoms. The zero-order valence-electron chi connectivity index (χ0n) is 11.9. The molecule has 118 valence electrons. The van der Waals surface area contributed by atoms with Crippen LogP contribution >= 0.6 is 38.9 Å². The molecule has 0 saturated heterocycles. The highest BCUT2D eigenvalue weighted by Gasteiger charge is 2.16. The Kier molecular flexibility index (Phi) is 4.43. The molecule has 5 nitrogen and oxygen atoms in total. The van der Waals surface area contributed by atoms with Gasteiger partial charge in [-0.2, -0.15) is 4.68 Å². The summed E-state index contributed by atoms with van der Waals surface area (Å²) in [7, 11) is 0. The molecule has 2 aromatic heterocycles. The molecule has 0 amide bonds. The number of aromatic hydroxyl groups is 1. The van der Waals surface area contributed by atoms with E-state index in [9.17, 15) is 9.90 Å². The Morgan fingerprint density at radius 1 is 1.43 bits per heavy atom. The first-order valence-electron chi connectivity index (χ1n) is 6.60. The molecule has 0 unspecified atom stereocenters. The quantitative estimate of drug-likeness (QED) is 0.668. The van der Waals surface area contributed by atoms with Gasteiger partial charge in [0.05, 0.1) is 8.66 Å². The van der Waals surface area contributed by atoms with E-state index < -0.39 is 5.69 Å². The van der Waals surface area contributed by atoms with E-state index in [1.165, 1.54) is 17.4 Å². The summed E-state index contributed by atoms with van der Waals surface area (Å²) >= 11 is 10.9. The second-order valence-electron chi connectivity index (χ2n) is 4.66. The lowest BCUT2D eigenvalue weighted by Crippen LogP contribution is -2.16. The molecule has 0 aliphatic carbocycles. The number of benzene rings is 1. The lowest BCUT2D eigenvalue weighted by molar-refractivity contribution is 0.468. The Morgan fingerprint density at radius 3 is 2.87 bits per heavy atom. The number of H-pyrrole nitrogens is 1. The first-order chi connectivity index (χ1) is 11.0. The number of halogens is 2. The maximum atomic E-state index is 12.2. The van der Waals surface area contributed by atoms with E-state index in [1.807, 2.05) is 19.1 Å². The van der Waals surface area contributed by atoms with Crippen LogP contribution in [0.1, 0.15) is 12.5 Å². The summed E-state index contributed by atoms with van der Waals surface area (Å²) in [6, 6.07) is 6.84. The lowest BCUT2D eigenvalue weighted by Gasteiger charge is -2.07. The number of phenolic OH excluding ortho intramolecular Hbond substituents is 1. The van der Waals surface area contributed by atoms with Gasteiger partial charge < -0.3 is 5.11 Å². The average Bonchev–Trinajstić information content (AvgIpc) is 3.09. The number of hydrogen-bond acceptors (Lipinski definition) is 4. The van der Waals surface area contributed by atoms with E-state index in [4.69, 9.17) is 11.6 Å². The molecule has 23 heavy (non-hydrogen) atoms. The normalized spacial score (nSPS) is 11.4. The summed E-state index contributed by atoms with van der Waals surface area (Å²) in [5.41, 5.74) is 0.299. The zero-order valence-corrected chi connectivity index (χ0v) is 15.0. The van der Waals surface area contributed by atoms with Crippen molar-refractivity contribution in [2.75, 3.05) is 0 Å². The van der Waals surface area contributed by atoms with Crippen LogP contribution < -0.4 is 5.69 Å². The molecule has 0 fully saturated rings. The van der Waals surface area contributed by atoms with Gasteiger partial charge in [0.2, 0.25) is 0 Å². The van der Waals surface area contributed by atoms with Crippen LogP contribution in [0.3, 0.4) is 0 Å². The van der Waals surface area contributed by atoms with Crippen molar-refractivity contribution in [1.29, 1.82) is 0 Å². The van der Waals surface area contributed by atoms with Gasteiger partial charge in [-0.15, -0.1) is 16.4 Å². The van der Waals surface area contributed by atoms with E-state index in [0.29, 0.717) is 16.4 Å². The van der Waals surface area contributed by atoms with Gasteiger partial charge in [0.15, 0.2) is 5.82 Å². The van der Waals surface area contributed by atoms with Gasteiger partial charge in [-0.3, -0.25) is 4.98 Å². The molecule has 0 atom stereocenters. The van der Waals surface area contributed by atoms with Gasteiger partial charge in [-0.1, -0.05) is 23.8 Å². The minimum Gasteiger partial charge on any atom is -0.505 e. The largest absolute Gasteiger partial charge is 0.505 e. The maximum absolute atomic E-state index is 12.2. The molecule has 0 bridgehead atoms. The van der Waals surface area contributed by atoms with Crippen LogP contribution in [0.2, 0.25) is 5.02 Å². The maximum Gasteiger partial charge on any atom is 0.348 e. The highest BCUT2D eigenvalue weighted by atomic mass is 79.9. The van der Waals surface area contributed by atoms with Gasteiger partial charge in [-0.25, -0.2) is 4.79 Å². The van der Waals surface area contributed by atoms with Crippen LogP contribution in [0.4, 0.5) is 0 Å². The average molecular weight is 413 g/mol. The monoisotopic (exact) mass is 411 g/mol. The van der Waals surface area contributed by atoms with Crippen molar-refractivity contribution in [3.63, 3.8) is 0 Å². The molecule has 2 heterocycles. The smallest absolute Gasteiger partial charge is 0.348 e. The van der Waals surface area contributed by atoms with Crippen molar-refractivity contribution in [3.8, 4) is 22.1 Å². The Morgan fingerprint density at radius 2 is 2.22 bits per heavy atom. The van der Waals surface area contributed by atoms with Crippen molar-refractivity contribution < 1.29 is 5.11 Å². The molecule has 3 rings (SSSR count). The number of allylic oxidation sites excluding steroid dienone is 1. The Labute approximate surface area is 149 Å². The molecule has 0 aliphatic rings. The van der Waals surface area contributed by atoms with E-state index in [1.54, 1.807) is 18.2 Å². The number of nitrogens with zero attached hydrogens (tertiary/aromatic N) is 2. The Bertz CT molecular complexity index is 958. The highest BCUT2D eigenvalue weighted by Crippen LogP contribution is 2.32. The Balaban J connectivity index is 2.16. The van der Waals surface area contributed by atoms with Gasteiger partial charge in [0.1, 0.15) is 11.4 Å². The van der Waals surface area contributed by atoms with Gasteiger partial charge in [0, 0.05) is 10.6 Å². The SMILES string of the molecule is C/C=C\c1cc(Cl)cc(-n2nc(-c3ccc(Br)s3)[nH]c2=O)c1O. The topological polar surface area (TPSA) is 70.9 Å². The molecule has 8 heteroatoms. The van der Waals surface area contributed by atoms with Crippen LogP contribution in [0, 0.1) is 0 Å². The predicted octanol–water partition coefficient (Wildman–Crippen LogP) is 4.44. The second kappa shape index (κ2) is 6.35. The first-order valence-corrected chi connectivity index (χ1v) is 8.59. The number of rotatable bonds is 3. The van der Waals surface area contributed by atoms with Crippen LogP contribution in [0.5, 0.6) is 5.75 Å². The van der Waals surface area contributed by atoms with Gasteiger partial charge >= 0.3 is 5.69 Å². The highest BCUT2D eigenvalue weighted by molar-refractivity contribution is 9.11. The van der Waals surface area contributed by atoms with Crippen LogP contribution in [0.15, 0.2) is 38.9 Å². The first kappa shape index (κ1) is 16.0. The molecule has 1 aromatic carbocycles. The van der Waals surface area contributed by atoms with Crippen molar-refractivity contribution in [1.82, 2.24) is 14.8 Å². The van der Waals surface area contributed by atoms with E-state index >= 15 is 0 Å². The third kappa shape index (κ3) is 3.12. The lowest BCUT2D eigenvalue weighted by atomic mass is 10.1. The molecule has 2 N–H and O–H groups in total. The molecular formula is C15H11BrClN3O2S. The van der Waals surface area contributed by atoms with E-state index in [0.717, 1.165) is 13.3 Å². The molecular weight excluding hydrogens is 402 g/mol. The van der Waals surface area contributed by atoms with Crippen molar-refractivity contribution in [3.05, 3.63) is 55.2 Å². The Hall–Kier alpha value is -1.83. The fourth-order valence-corrected chi connectivity index (χ4v) is 3.66. The van der Waals surface area contributed by atoms with Crippen molar-refractivity contribution >= 4 is 44.9 Å². The third-order valence-corrected chi connectivity index (χ3v) is 4.93. The third-order valence-electron chi connectivity index (χ3n) is 3.08. The van der Waals surface area contributed by atoms with Crippen molar-refractivity contribution in [2.45, 2.75) is 6.92 Å². The number of aromatic amines is 1. The fraction of sp³-hybridized carbons (Fsp3) is 0.0667. The number of aromatic nitrogens is 3. The summed E-state index contributed by atoms with van der Waals surface area (Å²) < 4.78 is 2.04. The van der Waals surface area contributed by atoms with Gasteiger partial charge in [-0.05, 0) is 47.1 Å². The number of nitrogens with one attached hydrogen (secondary N) is 1. The van der Waals surface area contributed by atoms with Crippen LogP contribution in [-0.2, 0) is 0 Å². The van der Waals surface area contributed by atoms with E-state index in [-0.39, 0.29) is 11.4 Å². The second-order valence-corrected chi connectivity index (χ2v) is 7.56. The minimum absolute atomic E-state index is 0.0555. The summed E-state index contributed by atoms with van der Waals surface area (Å²) in [6.07, 6.45) is 3.48. The fourth-order valence-electron chi connectivity index (χ4n) is 2.11.